The van der Waals surface area contributed by atoms with Crippen molar-refractivity contribution in [2.24, 2.45) is 0 Å². The van der Waals surface area contributed by atoms with Crippen LogP contribution in [-0.2, 0) is 0 Å². The van der Waals surface area contributed by atoms with Crippen LogP contribution in [-0.4, -0.2) is 18.1 Å². The van der Waals surface area contributed by atoms with Crippen LogP contribution in [0.5, 0.6) is 0 Å². The Morgan fingerprint density at radius 1 is 0.950 bits per heavy atom. The van der Waals surface area contributed by atoms with Crippen LogP contribution in [0.15, 0.2) is 54.1 Å². The average molecular weight is 268 g/mol. The van der Waals surface area contributed by atoms with E-state index in [1.165, 1.54) is 11.6 Å². The summed E-state index contributed by atoms with van der Waals surface area (Å²) < 4.78 is 13.5. The van der Waals surface area contributed by atoms with E-state index in [4.69, 9.17) is 0 Å². The summed E-state index contributed by atoms with van der Waals surface area (Å²) in [7, 11) is 0. The van der Waals surface area contributed by atoms with Gasteiger partial charge in [-0.3, -0.25) is 0 Å². The number of hydrogen-bond donors (Lipinski definition) is 1. The summed E-state index contributed by atoms with van der Waals surface area (Å²) in [5.41, 5.74) is 4.29. The lowest BCUT2D eigenvalue weighted by Crippen LogP contribution is -2.24. The first-order chi connectivity index (χ1) is 9.84. The van der Waals surface area contributed by atoms with Crippen LogP contribution in [0, 0.1) is 5.95 Å². The van der Waals surface area contributed by atoms with Crippen LogP contribution in [0.4, 0.5) is 4.39 Å². The Hall–Kier alpha value is -2.00. The molecule has 0 spiro atoms. The third-order valence-corrected chi connectivity index (χ3v) is 3.59. The van der Waals surface area contributed by atoms with Gasteiger partial charge in [0.25, 0.3) is 0 Å². The summed E-state index contributed by atoms with van der Waals surface area (Å²) in [5.74, 6) is -0.425. The predicted octanol–water partition coefficient (Wildman–Crippen LogP) is 3.41. The van der Waals surface area contributed by atoms with Crippen molar-refractivity contribution in [3.8, 4) is 0 Å². The standard InChI is InChI=1S/C17H17FN2/c18-16-8-4-7-15(20-16)17(13-5-2-1-3-6-13)14-9-11-19-12-10-14/h1-8,19H,9-12H2. The second kappa shape index (κ2) is 5.97. The van der Waals surface area contributed by atoms with Crippen LogP contribution in [0.2, 0.25) is 0 Å². The molecule has 1 aromatic carbocycles. The van der Waals surface area contributed by atoms with Gasteiger partial charge in [-0.05, 0) is 43.6 Å². The first-order valence-corrected chi connectivity index (χ1v) is 6.96. The lowest BCUT2D eigenvalue weighted by Gasteiger charge is -2.20. The molecule has 3 rings (SSSR count). The van der Waals surface area contributed by atoms with E-state index in [2.05, 4.69) is 22.4 Å². The van der Waals surface area contributed by atoms with Gasteiger partial charge in [-0.15, -0.1) is 0 Å². The summed E-state index contributed by atoms with van der Waals surface area (Å²) >= 11 is 0. The summed E-state index contributed by atoms with van der Waals surface area (Å²) in [4.78, 5) is 4.08. The highest BCUT2D eigenvalue weighted by Gasteiger charge is 2.15. The molecule has 0 aliphatic carbocycles. The molecule has 0 amide bonds. The second-order valence-corrected chi connectivity index (χ2v) is 4.94. The molecule has 1 aromatic heterocycles. The molecule has 1 aliphatic rings. The number of halogens is 1. The molecule has 3 heteroatoms. The van der Waals surface area contributed by atoms with Crippen molar-refractivity contribution >= 4 is 5.57 Å². The van der Waals surface area contributed by atoms with Crippen molar-refractivity contribution in [2.45, 2.75) is 12.8 Å². The molecule has 1 saturated heterocycles. The van der Waals surface area contributed by atoms with E-state index in [-0.39, 0.29) is 0 Å². The highest BCUT2D eigenvalue weighted by molar-refractivity contribution is 5.80. The van der Waals surface area contributed by atoms with Crippen molar-refractivity contribution in [2.75, 3.05) is 13.1 Å². The maximum Gasteiger partial charge on any atom is 0.213 e. The van der Waals surface area contributed by atoms with Gasteiger partial charge in [0.05, 0.1) is 5.69 Å². The van der Waals surface area contributed by atoms with E-state index in [0.29, 0.717) is 0 Å². The van der Waals surface area contributed by atoms with Crippen molar-refractivity contribution < 1.29 is 4.39 Å². The summed E-state index contributed by atoms with van der Waals surface area (Å²) in [6.45, 7) is 1.95. The molecule has 102 valence electrons. The third kappa shape index (κ3) is 2.78. The van der Waals surface area contributed by atoms with Gasteiger partial charge in [-0.2, -0.15) is 4.39 Å². The molecule has 0 unspecified atom stereocenters. The average Bonchev–Trinajstić information content (AvgIpc) is 2.50. The molecule has 2 heterocycles. The maximum atomic E-state index is 13.5. The van der Waals surface area contributed by atoms with Crippen LogP contribution < -0.4 is 5.32 Å². The van der Waals surface area contributed by atoms with E-state index in [1.807, 2.05) is 24.3 Å². The largest absolute Gasteiger partial charge is 0.316 e. The van der Waals surface area contributed by atoms with Crippen molar-refractivity contribution in [1.29, 1.82) is 0 Å². The minimum Gasteiger partial charge on any atom is -0.316 e. The Labute approximate surface area is 118 Å². The number of nitrogens with zero attached hydrogens (tertiary/aromatic N) is 1. The van der Waals surface area contributed by atoms with Gasteiger partial charge in [0, 0.05) is 5.57 Å². The van der Waals surface area contributed by atoms with Crippen molar-refractivity contribution in [3.05, 3.63) is 71.3 Å². The van der Waals surface area contributed by atoms with Crippen molar-refractivity contribution in [1.82, 2.24) is 10.3 Å². The lowest BCUT2D eigenvalue weighted by molar-refractivity contribution is 0.581. The van der Waals surface area contributed by atoms with Crippen LogP contribution in [0.1, 0.15) is 24.1 Å². The summed E-state index contributed by atoms with van der Waals surface area (Å²) in [5, 5.41) is 3.36. The summed E-state index contributed by atoms with van der Waals surface area (Å²) in [6, 6.07) is 15.1. The van der Waals surface area contributed by atoms with Crippen molar-refractivity contribution in [3.63, 3.8) is 0 Å². The fraction of sp³-hybridized carbons (Fsp3) is 0.235. The number of hydrogen-bond acceptors (Lipinski definition) is 2. The Kier molecular flexibility index (Phi) is 3.88. The third-order valence-electron chi connectivity index (χ3n) is 3.59. The Morgan fingerprint density at radius 3 is 2.40 bits per heavy atom. The SMILES string of the molecule is Fc1cccc(C(=C2CCNCC2)c2ccccc2)n1. The highest BCUT2D eigenvalue weighted by atomic mass is 19.1. The lowest BCUT2D eigenvalue weighted by atomic mass is 9.91. The molecular weight excluding hydrogens is 251 g/mol. The Morgan fingerprint density at radius 2 is 1.70 bits per heavy atom. The molecule has 2 aromatic rings. The quantitative estimate of drug-likeness (QED) is 0.844. The smallest absolute Gasteiger partial charge is 0.213 e. The van der Waals surface area contributed by atoms with Gasteiger partial charge in [-0.1, -0.05) is 42.0 Å². The fourth-order valence-corrected chi connectivity index (χ4v) is 2.66. The topological polar surface area (TPSA) is 24.9 Å². The molecule has 0 saturated carbocycles. The minimum absolute atomic E-state index is 0.425. The number of rotatable bonds is 2. The molecule has 1 fully saturated rings. The molecule has 2 nitrogen and oxygen atoms in total. The number of aromatic nitrogens is 1. The normalized spacial score (nSPS) is 15.2. The zero-order chi connectivity index (χ0) is 13.8. The van der Waals surface area contributed by atoms with E-state index < -0.39 is 5.95 Å². The van der Waals surface area contributed by atoms with Gasteiger partial charge >= 0.3 is 0 Å². The zero-order valence-corrected chi connectivity index (χ0v) is 11.3. The van der Waals surface area contributed by atoms with Gasteiger partial charge < -0.3 is 5.32 Å². The predicted molar refractivity (Wildman–Crippen MR) is 78.8 cm³/mol. The number of piperidine rings is 1. The van der Waals surface area contributed by atoms with E-state index >= 15 is 0 Å². The molecular formula is C17H17FN2. The molecule has 20 heavy (non-hydrogen) atoms. The molecule has 0 bridgehead atoms. The van der Waals surface area contributed by atoms with Gasteiger partial charge in [-0.25, -0.2) is 4.98 Å². The number of nitrogens with one attached hydrogen (secondary N) is 1. The van der Waals surface area contributed by atoms with E-state index in [9.17, 15) is 4.39 Å². The van der Waals surface area contributed by atoms with Crippen LogP contribution in [0.3, 0.4) is 0 Å². The van der Waals surface area contributed by atoms with E-state index in [0.717, 1.165) is 42.8 Å². The second-order valence-electron chi connectivity index (χ2n) is 4.94. The summed E-state index contributed by atoms with van der Waals surface area (Å²) in [6.07, 6.45) is 1.98. The van der Waals surface area contributed by atoms with E-state index in [1.54, 1.807) is 6.07 Å². The number of pyridine rings is 1. The zero-order valence-electron chi connectivity index (χ0n) is 11.3. The molecule has 1 N–H and O–H groups in total. The highest BCUT2D eigenvalue weighted by Crippen LogP contribution is 2.29. The molecule has 0 radical (unpaired) electrons. The van der Waals surface area contributed by atoms with Crippen LogP contribution >= 0.6 is 0 Å². The molecule has 1 aliphatic heterocycles. The van der Waals surface area contributed by atoms with Gasteiger partial charge in [0.15, 0.2) is 0 Å². The maximum absolute atomic E-state index is 13.5. The van der Waals surface area contributed by atoms with Gasteiger partial charge in [0.1, 0.15) is 0 Å². The minimum atomic E-state index is -0.425. The Bertz CT molecular complexity index is 612. The first-order valence-electron chi connectivity index (χ1n) is 6.96. The fourth-order valence-electron chi connectivity index (χ4n) is 2.66. The number of benzene rings is 1. The molecule has 0 atom stereocenters. The monoisotopic (exact) mass is 268 g/mol. The van der Waals surface area contributed by atoms with Gasteiger partial charge in [0.2, 0.25) is 5.95 Å². The Balaban J connectivity index is 2.13. The van der Waals surface area contributed by atoms with Crippen LogP contribution in [0.25, 0.3) is 5.57 Å². The first kappa shape index (κ1) is 13.0.